The largest absolute Gasteiger partial charge is 0.381 e. The molecule has 1 aromatic carbocycles. The first kappa shape index (κ1) is 14.9. The van der Waals surface area contributed by atoms with Gasteiger partial charge in [-0.2, -0.15) is 0 Å². The number of halogens is 1. The third-order valence-corrected chi connectivity index (χ3v) is 4.82. The topological polar surface area (TPSA) is 21.3 Å². The van der Waals surface area contributed by atoms with E-state index >= 15 is 0 Å². The Bertz CT molecular complexity index is 444. The van der Waals surface area contributed by atoms with Crippen molar-refractivity contribution in [3.05, 3.63) is 28.2 Å². The smallest absolute Gasteiger partial charge is 0.0665 e. The molecule has 0 spiro atoms. The van der Waals surface area contributed by atoms with Crippen molar-refractivity contribution >= 4 is 21.6 Å². The molecule has 1 N–H and O–H groups in total. The van der Waals surface area contributed by atoms with E-state index in [9.17, 15) is 0 Å². The zero-order chi connectivity index (χ0) is 14.0. The number of ether oxygens (including phenoxy) is 1. The zero-order valence-corrected chi connectivity index (χ0v) is 13.9. The van der Waals surface area contributed by atoms with Gasteiger partial charge in [-0.15, -0.1) is 0 Å². The molecule has 2 atom stereocenters. The van der Waals surface area contributed by atoms with Crippen molar-refractivity contribution in [3.63, 3.8) is 0 Å². The highest BCUT2D eigenvalue weighted by Crippen LogP contribution is 2.44. The van der Waals surface area contributed by atoms with Gasteiger partial charge >= 0.3 is 0 Å². The van der Waals surface area contributed by atoms with E-state index in [1.165, 1.54) is 11.3 Å². The number of nitrogens with one attached hydrogen (secondary N) is 1. The molecule has 0 bridgehead atoms. The van der Waals surface area contributed by atoms with Gasteiger partial charge in [0.2, 0.25) is 0 Å². The molecule has 0 aromatic heterocycles. The quantitative estimate of drug-likeness (QED) is 0.852. The molecule has 3 heteroatoms. The molecule has 0 heterocycles. The molecular formula is C16H24BrNO. The molecule has 0 radical (unpaired) electrons. The number of aryl methyl sites for hydroxylation is 1. The second-order valence-electron chi connectivity index (χ2n) is 5.85. The normalized spacial score (nSPS) is 24.9. The van der Waals surface area contributed by atoms with Crippen molar-refractivity contribution in [2.45, 2.75) is 52.7 Å². The summed E-state index contributed by atoms with van der Waals surface area (Å²) in [6.45, 7) is 9.65. The van der Waals surface area contributed by atoms with Gasteiger partial charge in [0.25, 0.3) is 0 Å². The highest BCUT2D eigenvalue weighted by Gasteiger charge is 2.48. The minimum absolute atomic E-state index is 0.202. The molecule has 0 aliphatic heterocycles. The van der Waals surface area contributed by atoms with Gasteiger partial charge in [0.05, 0.1) is 6.10 Å². The summed E-state index contributed by atoms with van der Waals surface area (Å²) >= 11 is 3.54. The third-order valence-electron chi connectivity index (χ3n) is 4.32. The average molecular weight is 326 g/mol. The van der Waals surface area contributed by atoms with E-state index in [0.29, 0.717) is 12.1 Å². The van der Waals surface area contributed by atoms with Crippen LogP contribution >= 0.6 is 15.9 Å². The highest BCUT2D eigenvalue weighted by molar-refractivity contribution is 9.10. The predicted octanol–water partition coefficient (Wildman–Crippen LogP) is 4.63. The van der Waals surface area contributed by atoms with Crippen LogP contribution in [0.15, 0.2) is 22.7 Å². The molecule has 1 fully saturated rings. The fourth-order valence-corrected chi connectivity index (χ4v) is 3.21. The van der Waals surface area contributed by atoms with Crippen LogP contribution in [0.2, 0.25) is 0 Å². The van der Waals surface area contributed by atoms with Crippen LogP contribution in [0.4, 0.5) is 5.69 Å². The summed E-state index contributed by atoms with van der Waals surface area (Å²) in [5.74, 6) is 0. The van der Waals surface area contributed by atoms with Crippen molar-refractivity contribution in [2.24, 2.45) is 5.41 Å². The Morgan fingerprint density at radius 1 is 1.37 bits per heavy atom. The molecule has 1 aliphatic rings. The van der Waals surface area contributed by atoms with E-state index in [-0.39, 0.29) is 5.41 Å². The number of benzene rings is 1. The van der Waals surface area contributed by atoms with Crippen LogP contribution in [0.25, 0.3) is 0 Å². The van der Waals surface area contributed by atoms with Gasteiger partial charge in [-0.3, -0.25) is 0 Å². The van der Waals surface area contributed by atoms with Crippen molar-refractivity contribution in [2.75, 3.05) is 11.9 Å². The van der Waals surface area contributed by atoms with Crippen LogP contribution in [0.3, 0.4) is 0 Å². The summed E-state index contributed by atoms with van der Waals surface area (Å²) in [7, 11) is 0. The van der Waals surface area contributed by atoms with Gasteiger partial charge in [-0.1, -0.05) is 36.7 Å². The van der Waals surface area contributed by atoms with Crippen molar-refractivity contribution < 1.29 is 4.74 Å². The summed E-state index contributed by atoms with van der Waals surface area (Å²) in [6.07, 6.45) is 2.53. The number of hydrogen-bond donors (Lipinski definition) is 1. The molecule has 0 amide bonds. The lowest BCUT2D eigenvalue weighted by Gasteiger charge is -2.52. The van der Waals surface area contributed by atoms with Gasteiger partial charge in [0.15, 0.2) is 0 Å². The SMILES string of the molecule is CCOC1CC(Nc2ccc(Br)cc2CC)C1(C)C. The lowest BCUT2D eigenvalue weighted by atomic mass is 9.64. The van der Waals surface area contributed by atoms with Gasteiger partial charge in [0, 0.05) is 28.2 Å². The molecule has 2 rings (SSSR count). The number of rotatable bonds is 5. The zero-order valence-electron chi connectivity index (χ0n) is 12.3. The van der Waals surface area contributed by atoms with Crippen LogP contribution in [-0.2, 0) is 11.2 Å². The minimum atomic E-state index is 0.202. The Kier molecular flexibility index (Phi) is 4.57. The van der Waals surface area contributed by atoms with Crippen LogP contribution in [-0.4, -0.2) is 18.8 Å². The molecule has 2 nitrogen and oxygen atoms in total. The van der Waals surface area contributed by atoms with E-state index < -0.39 is 0 Å². The molecule has 1 saturated carbocycles. The molecule has 0 saturated heterocycles. The Morgan fingerprint density at radius 3 is 2.68 bits per heavy atom. The van der Waals surface area contributed by atoms with Crippen molar-refractivity contribution in [1.29, 1.82) is 0 Å². The molecule has 19 heavy (non-hydrogen) atoms. The van der Waals surface area contributed by atoms with Gasteiger partial charge in [-0.25, -0.2) is 0 Å². The maximum atomic E-state index is 5.79. The summed E-state index contributed by atoms with van der Waals surface area (Å²) < 4.78 is 6.94. The fraction of sp³-hybridized carbons (Fsp3) is 0.625. The van der Waals surface area contributed by atoms with Gasteiger partial charge < -0.3 is 10.1 Å². The Morgan fingerprint density at radius 2 is 2.11 bits per heavy atom. The second kappa shape index (κ2) is 5.84. The van der Waals surface area contributed by atoms with E-state index in [4.69, 9.17) is 4.74 Å². The second-order valence-corrected chi connectivity index (χ2v) is 6.77. The van der Waals surface area contributed by atoms with E-state index in [0.717, 1.165) is 23.9 Å². The Hall–Kier alpha value is -0.540. The van der Waals surface area contributed by atoms with Gasteiger partial charge in [0.1, 0.15) is 0 Å². The lowest BCUT2D eigenvalue weighted by molar-refractivity contribution is -0.0976. The Labute approximate surface area is 125 Å². The summed E-state index contributed by atoms with van der Waals surface area (Å²) in [5.41, 5.74) is 2.83. The molecule has 2 unspecified atom stereocenters. The fourth-order valence-electron chi connectivity index (χ4n) is 2.80. The number of hydrogen-bond acceptors (Lipinski definition) is 2. The van der Waals surface area contributed by atoms with E-state index in [1.807, 2.05) is 0 Å². The first-order chi connectivity index (χ1) is 8.98. The monoisotopic (exact) mass is 325 g/mol. The molecule has 1 aliphatic carbocycles. The molecular weight excluding hydrogens is 302 g/mol. The molecule has 106 valence electrons. The minimum Gasteiger partial charge on any atom is -0.381 e. The van der Waals surface area contributed by atoms with E-state index in [2.05, 4.69) is 67.1 Å². The first-order valence-electron chi connectivity index (χ1n) is 7.15. The van der Waals surface area contributed by atoms with Crippen molar-refractivity contribution in [3.8, 4) is 0 Å². The van der Waals surface area contributed by atoms with Crippen LogP contribution in [0.5, 0.6) is 0 Å². The van der Waals surface area contributed by atoms with Gasteiger partial charge in [-0.05, 0) is 43.5 Å². The number of anilines is 1. The predicted molar refractivity (Wildman–Crippen MR) is 84.7 cm³/mol. The summed E-state index contributed by atoms with van der Waals surface area (Å²) in [4.78, 5) is 0. The standard InChI is InChI=1S/C16H24BrNO/c1-5-11-9-12(17)7-8-13(11)18-14-10-15(19-6-2)16(14,3)4/h7-9,14-15,18H,5-6,10H2,1-4H3. The summed E-state index contributed by atoms with van der Waals surface area (Å²) in [6, 6.07) is 6.98. The van der Waals surface area contributed by atoms with Crippen LogP contribution in [0.1, 0.15) is 39.7 Å². The van der Waals surface area contributed by atoms with Crippen LogP contribution < -0.4 is 5.32 Å². The lowest BCUT2D eigenvalue weighted by Crippen LogP contribution is -2.58. The maximum Gasteiger partial charge on any atom is 0.0665 e. The first-order valence-corrected chi connectivity index (χ1v) is 7.94. The molecule has 1 aromatic rings. The highest BCUT2D eigenvalue weighted by atomic mass is 79.9. The van der Waals surface area contributed by atoms with Crippen molar-refractivity contribution in [1.82, 2.24) is 0 Å². The third kappa shape index (κ3) is 2.97. The Balaban J connectivity index is 2.07. The maximum absolute atomic E-state index is 5.79. The average Bonchev–Trinajstić information content (AvgIpc) is 2.39. The van der Waals surface area contributed by atoms with E-state index in [1.54, 1.807) is 0 Å². The summed E-state index contributed by atoms with van der Waals surface area (Å²) in [5, 5.41) is 3.70. The van der Waals surface area contributed by atoms with Crippen LogP contribution in [0, 0.1) is 5.41 Å².